The normalized spacial score (nSPS) is 10.6. The Kier molecular flexibility index (Phi) is 4.66. The largest absolute Gasteiger partial charge is 0.298 e. The van der Waals surface area contributed by atoms with Crippen molar-refractivity contribution in [1.82, 2.24) is 4.98 Å². The van der Waals surface area contributed by atoms with Gasteiger partial charge in [-0.3, -0.25) is 10.1 Å². The van der Waals surface area contributed by atoms with E-state index < -0.39 is 0 Å². The van der Waals surface area contributed by atoms with E-state index in [1.54, 1.807) is 24.3 Å². The summed E-state index contributed by atoms with van der Waals surface area (Å²) in [6.45, 7) is 1.97. The molecular formula is C17H12Cl2N2OS. The van der Waals surface area contributed by atoms with Gasteiger partial charge >= 0.3 is 0 Å². The van der Waals surface area contributed by atoms with Crippen LogP contribution in [-0.4, -0.2) is 10.9 Å². The third kappa shape index (κ3) is 3.72. The molecule has 0 aliphatic heterocycles. The number of halogens is 2. The van der Waals surface area contributed by atoms with Crippen LogP contribution < -0.4 is 5.32 Å². The second kappa shape index (κ2) is 6.71. The molecule has 0 aliphatic rings. The highest BCUT2D eigenvalue weighted by atomic mass is 35.5. The van der Waals surface area contributed by atoms with Gasteiger partial charge in [0, 0.05) is 26.0 Å². The van der Waals surface area contributed by atoms with Gasteiger partial charge < -0.3 is 0 Å². The van der Waals surface area contributed by atoms with Gasteiger partial charge in [0.25, 0.3) is 5.91 Å². The molecule has 0 atom stereocenters. The van der Waals surface area contributed by atoms with Gasteiger partial charge in [-0.15, -0.1) is 11.3 Å². The average molecular weight is 363 g/mol. The summed E-state index contributed by atoms with van der Waals surface area (Å²) >= 11 is 13.2. The van der Waals surface area contributed by atoms with Gasteiger partial charge in [-0.25, -0.2) is 4.98 Å². The Bertz CT molecular complexity index is 859. The summed E-state index contributed by atoms with van der Waals surface area (Å²) in [4.78, 5) is 17.8. The van der Waals surface area contributed by atoms with Gasteiger partial charge in [0.05, 0.1) is 5.69 Å². The predicted octanol–water partition coefficient (Wildman–Crippen LogP) is 5.68. The van der Waals surface area contributed by atoms with Crippen molar-refractivity contribution in [3.63, 3.8) is 0 Å². The van der Waals surface area contributed by atoms with E-state index in [2.05, 4.69) is 10.3 Å². The molecule has 1 amide bonds. The number of amides is 1. The lowest BCUT2D eigenvalue weighted by atomic mass is 10.1. The maximum absolute atomic E-state index is 12.2. The van der Waals surface area contributed by atoms with Crippen LogP contribution >= 0.6 is 34.5 Å². The molecule has 0 spiro atoms. The van der Waals surface area contributed by atoms with Crippen molar-refractivity contribution >= 4 is 45.6 Å². The molecule has 0 fully saturated rings. The molecule has 0 saturated carbocycles. The molecule has 1 N–H and O–H groups in total. The first-order chi connectivity index (χ1) is 11.0. The first-order valence-corrected chi connectivity index (χ1v) is 8.40. The van der Waals surface area contributed by atoms with Crippen molar-refractivity contribution < 1.29 is 4.79 Å². The van der Waals surface area contributed by atoms with Crippen molar-refractivity contribution in [2.75, 3.05) is 5.32 Å². The Balaban J connectivity index is 1.83. The topological polar surface area (TPSA) is 42.0 Å². The molecule has 0 bridgehead atoms. The van der Waals surface area contributed by atoms with Crippen LogP contribution in [-0.2, 0) is 0 Å². The Labute approximate surface area is 147 Å². The van der Waals surface area contributed by atoms with E-state index in [1.165, 1.54) is 11.3 Å². The number of carbonyl (C=O) groups excluding carboxylic acids is 1. The average Bonchev–Trinajstić information content (AvgIpc) is 2.88. The van der Waals surface area contributed by atoms with Crippen molar-refractivity contribution in [3.8, 4) is 11.3 Å². The van der Waals surface area contributed by atoms with Gasteiger partial charge in [0.15, 0.2) is 5.13 Å². The maximum Gasteiger partial charge on any atom is 0.257 e. The summed E-state index contributed by atoms with van der Waals surface area (Å²) in [5.41, 5.74) is 2.30. The van der Waals surface area contributed by atoms with Crippen molar-refractivity contribution in [1.29, 1.82) is 0 Å². The summed E-state index contributed by atoms with van der Waals surface area (Å²) in [6, 6.07) is 14.3. The fourth-order valence-corrected chi connectivity index (χ4v) is 3.27. The number of hydrogen-bond donors (Lipinski definition) is 1. The van der Waals surface area contributed by atoms with Crippen LogP contribution in [0.2, 0.25) is 10.0 Å². The fourth-order valence-electron chi connectivity index (χ4n) is 2.12. The lowest BCUT2D eigenvalue weighted by Gasteiger charge is -2.02. The highest BCUT2D eigenvalue weighted by Gasteiger charge is 2.13. The smallest absolute Gasteiger partial charge is 0.257 e. The summed E-state index contributed by atoms with van der Waals surface area (Å²) in [5.74, 6) is -0.232. The van der Waals surface area contributed by atoms with Gasteiger partial charge in [-0.05, 0) is 37.3 Å². The molecule has 3 rings (SSSR count). The molecule has 2 aromatic carbocycles. The second-order valence-corrected chi connectivity index (χ2v) is 6.97. The van der Waals surface area contributed by atoms with Gasteiger partial charge in [0.1, 0.15) is 0 Å². The number of thiazole rings is 1. The maximum atomic E-state index is 12.2. The number of nitrogens with zero attached hydrogens (tertiary/aromatic N) is 1. The quantitative estimate of drug-likeness (QED) is 0.651. The standard InChI is InChI=1S/C17H12Cl2N2OS/c1-10-15(11-5-7-13(18)8-6-11)20-17(23-10)21-16(22)12-3-2-4-14(19)9-12/h2-9H,1H3,(H,20,21,22). The molecule has 23 heavy (non-hydrogen) atoms. The number of benzene rings is 2. The van der Waals surface area contributed by atoms with Gasteiger partial charge in [-0.2, -0.15) is 0 Å². The number of carbonyl (C=O) groups is 1. The Hall–Kier alpha value is -1.88. The molecule has 116 valence electrons. The van der Waals surface area contributed by atoms with Gasteiger partial charge in [-0.1, -0.05) is 41.4 Å². The lowest BCUT2D eigenvalue weighted by Crippen LogP contribution is -2.11. The minimum atomic E-state index is -0.232. The molecule has 0 aliphatic carbocycles. The number of hydrogen-bond acceptors (Lipinski definition) is 3. The minimum absolute atomic E-state index is 0.232. The molecule has 1 heterocycles. The third-order valence-electron chi connectivity index (χ3n) is 3.22. The second-order valence-electron chi connectivity index (χ2n) is 4.90. The van der Waals surface area contributed by atoms with Gasteiger partial charge in [0.2, 0.25) is 0 Å². The Morgan fingerprint density at radius 2 is 1.83 bits per heavy atom. The molecule has 6 heteroatoms. The van der Waals surface area contributed by atoms with E-state index in [0.717, 1.165) is 16.1 Å². The molecule has 0 saturated heterocycles. The van der Waals surface area contributed by atoms with E-state index in [9.17, 15) is 4.79 Å². The molecular weight excluding hydrogens is 351 g/mol. The van der Waals surface area contributed by atoms with Crippen LogP contribution in [0.15, 0.2) is 48.5 Å². The zero-order valence-electron chi connectivity index (χ0n) is 12.1. The third-order valence-corrected chi connectivity index (χ3v) is 4.59. The summed E-state index contributed by atoms with van der Waals surface area (Å²) in [5, 5.41) is 4.56. The first-order valence-electron chi connectivity index (χ1n) is 6.83. The summed E-state index contributed by atoms with van der Waals surface area (Å²) in [7, 11) is 0. The molecule has 0 radical (unpaired) electrons. The van der Waals surface area contributed by atoms with E-state index >= 15 is 0 Å². The van der Waals surface area contributed by atoms with Crippen LogP contribution in [0.4, 0.5) is 5.13 Å². The SMILES string of the molecule is Cc1sc(NC(=O)c2cccc(Cl)c2)nc1-c1ccc(Cl)cc1. The number of aromatic nitrogens is 1. The number of anilines is 1. The van der Waals surface area contributed by atoms with E-state index in [-0.39, 0.29) is 5.91 Å². The highest BCUT2D eigenvalue weighted by molar-refractivity contribution is 7.16. The summed E-state index contributed by atoms with van der Waals surface area (Å²) < 4.78 is 0. The molecule has 0 unspecified atom stereocenters. The predicted molar refractivity (Wildman–Crippen MR) is 96.7 cm³/mol. The van der Waals surface area contributed by atoms with Crippen LogP contribution in [0.3, 0.4) is 0 Å². The first kappa shape index (κ1) is 16.0. The number of nitrogens with one attached hydrogen (secondary N) is 1. The van der Waals surface area contributed by atoms with E-state index in [1.807, 2.05) is 31.2 Å². The van der Waals surface area contributed by atoms with E-state index in [0.29, 0.717) is 20.7 Å². The minimum Gasteiger partial charge on any atom is -0.298 e. The number of rotatable bonds is 3. The fraction of sp³-hybridized carbons (Fsp3) is 0.0588. The summed E-state index contributed by atoms with van der Waals surface area (Å²) in [6.07, 6.45) is 0. The van der Waals surface area contributed by atoms with Crippen LogP contribution in [0, 0.1) is 6.92 Å². The molecule has 1 aromatic heterocycles. The zero-order chi connectivity index (χ0) is 16.4. The highest BCUT2D eigenvalue weighted by Crippen LogP contribution is 2.31. The van der Waals surface area contributed by atoms with Crippen LogP contribution in [0.1, 0.15) is 15.2 Å². The zero-order valence-corrected chi connectivity index (χ0v) is 14.5. The molecule has 3 aromatic rings. The van der Waals surface area contributed by atoms with Crippen LogP contribution in [0.25, 0.3) is 11.3 Å². The van der Waals surface area contributed by atoms with Crippen molar-refractivity contribution in [3.05, 3.63) is 69.0 Å². The molecule has 3 nitrogen and oxygen atoms in total. The Morgan fingerprint density at radius 3 is 2.52 bits per heavy atom. The van der Waals surface area contributed by atoms with Crippen LogP contribution in [0.5, 0.6) is 0 Å². The lowest BCUT2D eigenvalue weighted by molar-refractivity contribution is 0.102. The number of aryl methyl sites for hydroxylation is 1. The monoisotopic (exact) mass is 362 g/mol. The van der Waals surface area contributed by atoms with E-state index in [4.69, 9.17) is 23.2 Å². The Morgan fingerprint density at radius 1 is 1.09 bits per heavy atom. The van der Waals surface area contributed by atoms with Crippen molar-refractivity contribution in [2.45, 2.75) is 6.92 Å². The van der Waals surface area contributed by atoms with Crippen molar-refractivity contribution in [2.24, 2.45) is 0 Å².